The Morgan fingerprint density at radius 2 is 2.12 bits per heavy atom. The van der Waals surface area contributed by atoms with Gasteiger partial charge in [-0.15, -0.1) is 5.10 Å². The Bertz CT molecular complexity index is 859. The summed E-state index contributed by atoms with van der Waals surface area (Å²) in [5.41, 5.74) is 1.27. The molecule has 1 aliphatic rings. The highest BCUT2D eigenvalue weighted by atomic mass is 32.2. The molecule has 2 heterocycles. The summed E-state index contributed by atoms with van der Waals surface area (Å²) >= 11 is 5.29. The fourth-order valence-corrected chi connectivity index (χ4v) is 5.26. The number of hydrogen-bond donors (Lipinski definition) is 1. The van der Waals surface area contributed by atoms with Crippen LogP contribution in [-0.2, 0) is 29.5 Å². The summed E-state index contributed by atoms with van der Waals surface area (Å²) in [4.78, 5) is 1.68. The zero-order chi connectivity index (χ0) is 17.9. The average Bonchev–Trinajstić information content (AvgIpc) is 3.09. The number of sulfone groups is 1. The van der Waals surface area contributed by atoms with E-state index in [1.807, 2.05) is 18.2 Å². The molecule has 1 N–H and O–H groups in total. The topological polar surface area (TPSA) is 69.5 Å². The van der Waals surface area contributed by atoms with Gasteiger partial charge in [-0.2, -0.15) is 4.68 Å². The maximum Gasteiger partial charge on any atom is 0.291 e. The lowest BCUT2D eigenvalue weighted by Gasteiger charge is -2.16. The van der Waals surface area contributed by atoms with Crippen molar-refractivity contribution in [2.75, 3.05) is 18.1 Å². The van der Waals surface area contributed by atoms with Gasteiger partial charge in [-0.1, -0.05) is 30.3 Å². The second kappa shape index (κ2) is 7.80. The molecule has 2 atom stereocenters. The standard InChI is InChI=1S/C17H23N3O3S2/c1-2-19(11-14-6-4-3-5-7-14)13-20-17(24)23-16(18-20)10-15-8-9-25(21,22)12-15/h3-7,15H,2,8-13H2,1H3/p+1/t15-/m1/s1. The molecule has 1 saturated heterocycles. The Hall–Kier alpha value is -1.51. The SMILES string of the molecule is CC[NH+](Cc1ccccc1)Cn1nc(C[C@H]2CCS(=O)(=O)C2)oc1=S. The number of nitrogens with one attached hydrogen (secondary N) is 1. The van der Waals surface area contributed by atoms with Crippen LogP contribution in [0.25, 0.3) is 0 Å². The first kappa shape index (κ1) is 18.3. The molecule has 0 bridgehead atoms. The van der Waals surface area contributed by atoms with Gasteiger partial charge in [-0.3, -0.25) is 0 Å². The summed E-state index contributed by atoms with van der Waals surface area (Å²) < 4.78 is 30.5. The molecule has 0 spiro atoms. The molecule has 6 nitrogen and oxygen atoms in total. The number of quaternary nitrogens is 1. The van der Waals surface area contributed by atoms with Crippen molar-refractivity contribution in [3.8, 4) is 0 Å². The van der Waals surface area contributed by atoms with Crippen LogP contribution in [0.4, 0.5) is 0 Å². The lowest BCUT2D eigenvalue weighted by Crippen LogP contribution is -3.09. The zero-order valence-electron chi connectivity index (χ0n) is 14.3. The van der Waals surface area contributed by atoms with Crippen LogP contribution in [0.5, 0.6) is 0 Å². The van der Waals surface area contributed by atoms with Gasteiger partial charge >= 0.3 is 0 Å². The predicted molar refractivity (Wildman–Crippen MR) is 97.4 cm³/mol. The molecule has 1 fully saturated rings. The lowest BCUT2D eigenvalue weighted by molar-refractivity contribution is -0.935. The van der Waals surface area contributed by atoms with Crippen molar-refractivity contribution in [2.45, 2.75) is 33.0 Å². The van der Waals surface area contributed by atoms with Gasteiger partial charge in [0.15, 0.2) is 16.5 Å². The molecule has 0 saturated carbocycles. The van der Waals surface area contributed by atoms with E-state index in [4.69, 9.17) is 16.6 Å². The number of hydrogen-bond acceptors (Lipinski definition) is 5. The predicted octanol–water partition coefficient (Wildman–Crippen LogP) is 1.25. The molecular formula is C17H24N3O3S2+. The van der Waals surface area contributed by atoms with Crippen molar-refractivity contribution in [3.63, 3.8) is 0 Å². The Labute approximate surface area is 153 Å². The van der Waals surface area contributed by atoms with Gasteiger partial charge in [-0.05, 0) is 31.5 Å². The van der Waals surface area contributed by atoms with Crippen LogP contribution in [0.3, 0.4) is 0 Å². The summed E-state index contributed by atoms with van der Waals surface area (Å²) in [5, 5.41) is 4.48. The van der Waals surface area contributed by atoms with Crippen molar-refractivity contribution in [1.29, 1.82) is 0 Å². The fraction of sp³-hybridized carbons (Fsp3) is 0.529. The van der Waals surface area contributed by atoms with Crippen LogP contribution in [0.1, 0.15) is 24.8 Å². The molecule has 1 aliphatic heterocycles. The highest BCUT2D eigenvalue weighted by Crippen LogP contribution is 2.22. The molecule has 136 valence electrons. The van der Waals surface area contributed by atoms with Gasteiger partial charge in [0, 0.05) is 12.0 Å². The normalized spacial score (nSPS) is 20.6. The second-order valence-electron chi connectivity index (χ2n) is 6.66. The van der Waals surface area contributed by atoms with Crippen LogP contribution >= 0.6 is 12.2 Å². The van der Waals surface area contributed by atoms with E-state index in [0.29, 0.717) is 30.2 Å². The summed E-state index contributed by atoms with van der Waals surface area (Å²) in [5.74, 6) is 1.12. The minimum absolute atomic E-state index is 0.0884. The molecule has 0 aliphatic carbocycles. The van der Waals surface area contributed by atoms with Crippen molar-refractivity contribution in [1.82, 2.24) is 9.78 Å². The minimum Gasteiger partial charge on any atom is -0.414 e. The van der Waals surface area contributed by atoms with Crippen LogP contribution in [-0.4, -0.2) is 36.2 Å². The van der Waals surface area contributed by atoms with E-state index in [1.165, 1.54) is 10.5 Å². The Kier molecular flexibility index (Phi) is 5.71. The van der Waals surface area contributed by atoms with Crippen molar-refractivity contribution in [2.24, 2.45) is 5.92 Å². The first-order valence-electron chi connectivity index (χ1n) is 8.60. The molecule has 2 aromatic rings. The molecule has 1 aromatic heterocycles. The number of rotatable bonds is 7. The number of benzene rings is 1. The van der Waals surface area contributed by atoms with Crippen molar-refractivity contribution < 1.29 is 17.7 Å². The molecule has 3 rings (SSSR count). The van der Waals surface area contributed by atoms with E-state index in [2.05, 4.69) is 24.2 Å². The largest absolute Gasteiger partial charge is 0.414 e. The van der Waals surface area contributed by atoms with Gasteiger partial charge in [0.2, 0.25) is 5.89 Å². The Morgan fingerprint density at radius 3 is 2.76 bits per heavy atom. The van der Waals surface area contributed by atoms with Crippen LogP contribution in [0.15, 0.2) is 34.7 Å². The lowest BCUT2D eigenvalue weighted by atomic mass is 10.1. The summed E-state index contributed by atoms with van der Waals surface area (Å²) in [7, 11) is -2.88. The van der Waals surface area contributed by atoms with Gasteiger partial charge in [0.1, 0.15) is 6.54 Å². The first-order chi connectivity index (χ1) is 11.9. The van der Waals surface area contributed by atoms with E-state index in [0.717, 1.165) is 13.1 Å². The molecule has 1 unspecified atom stereocenters. The molecule has 0 radical (unpaired) electrons. The van der Waals surface area contributed by atoms with Gasteiger partial charge in [-0.25, -0.2) is 8.42 Å². The Morgan fingerprint density at radius 1 is 1.36 bits per heavy atom. The summed E-state index contributed by atoms with van der Waals surface area (Å²) in [6.07, 6.45) is 1.22. The maximum atomic E-state index is 11.6. The van der Waals surface area contributed by atoms with E-state index < -0.39 is 9.84 Å². The molecule has 8 heteroatoms. The second-order valence-corrected chi connectivity index (χ2v) is 9.24. The van der Waals surface area contributed by atoms with Gasteiger partial charge < -0.3 is 9.32 Å². The zero-order valence-corrected chi connectivity index (χ0v) is 16.0. The quantitative estimate of drug-likeness (QED) is 0.730. The van der Waals surface area contributed by atoms with E-state index in [1.54, 1.807) is 4.68 Å². The molecule has 0 amide bonds. The van der Waals surface area contributed by atoms with Crippen molar-refractivity contribution in [3.05, 3.63) is 46.6 Å². The van der Waals surface area contributed by atoms with E-state index >= 15 is 0 Å². The molecule has 1 aromatic carbocycles. The Balaban J connectivity index is 1.64. The maximum absolute atomic E-state index is 11.6. The van der Waals surface area contributed by atoms with E-state index in [-0.39, 0.29) is 17.4 Å². The van der Waals surface area contributed by atoms with Gasteiger partial charge in [0.25, 0.3) is 4.84 Å². The highest BCUT2D eigenvalue weighted by Gasteiger charge is 2.29. The van der Waals surface area contributed by atoms with Crippen LogP contribution in [0.2, 0.25) is 0 Å². The smallest absolute Gasteiger partial charge is 0.291 e. The monoisotopic (exact) mass is 382 g/mol. The van der Waals surface area contributed by atoms with E-state index in [9.17, 15) is 8.42 Å². The van der Waals surface area contributed by atoms with Crippen molar-refractivity contribution >= 4 is 22.1 Å². The third-order valence-electron chi connectivity index (χ3n) is 4.61. The van der Waals surface area contributed by atoms with Gasteiger partial charge in [0.05, 0.1) is 18.1 Å². The van der Waals surface area contributed by atoms with Crippen LogP contribution in [0, 0.1) is 10.8 Å². The number of aromatic nitrogens is 2. The summed E-state index contributed by atoms with van der Waals surface area (Å²) in [6, 6.07) is 10.3. The average molecular weight is 383 g/mol. The first-order valence-corrected chi connectivity index (χ1v) is 10.8. The molecule has 25 heavy (non-hydrogen) atoms. The third kappa shape index (κ3) is 4.99. The minimum atomic E-state index is -2.88. The fourth-order valence-electron chi connectivity index (χ4n) is 3.20. The number of nitrogens with zero attached hydrogens (tertiary/aromatic N) is 2. The third-order valence-corrected chi connectivity index (χ3v) is 6.74. The highest BCUT2D eigenvalue weighted by molar-refractivity contribution is 7.91. The van der Waals surface area contributed by atoms with Crippen LogP contribution < -0.4 is 4.90 Å². The summed E-state index contributed by atoms with van der Waals surface area (Å²) in [6.45, 7) is 4.60. The molecular weight excluding hydrogens is 358 g/mol.